The summed E-state index contributed by atoms with van der Waals surface area (Å²) in [6.45, 7) is 2.76. The van der Waals surface area contributed by atoms with Crippen molar-refractivity contribution in [2.75, 3.05) is 17.2 Å². The van der Waals surface area contributed by atoms with Gasteiger partial charge in [0.1, 0.15) is 0 Å². The van der Waals surface area contributed by atoms with Crippen LogP contribution in [0, 0.1) is 0 Å². The zero-order valence-corrected chi connectivity index (χ0v) is 10.7. The van der Waals surface area contributed by atoms with Gasteiger partial charge in [0, 0.05) is 23.6 Å². The van der Waals surface area contributed by atoms with Crippen molar-refractivity contribution in [1.29, 1.82) is 0 Å². The minimum absolute atomic E-state index is 0.131. The van der Waals surface area contributed by atoms with Gasteiger partial charge in [-0.2, -0.15) is 0 Å². The van der Waals surface area contributed by atoms with Crippen LogP contribution in [0.2, 0.25) is 0 Å². The first-order valence-electron chi connectivity index (χ1n) is 6.09. The SMILES string of the molecule is CCN(c1ccccc1)c1ccc(N)c(C(=O)O)c1. The number of aromatic carboxylic acids is 1. The van der Waals surface area contributed by atoms with E-state index >= 15 is 0 Å². The topological polar surface area (TPSA) is 66.6 Å². The number of para-hydroxylation sites is 1. The predicted molar refractivity (Wildman–Crippen MR) is 76.9 cm³/mol. The van der Waals surface area contributed by atoms with Crippen LogP contribution in [0.25, 0.3) is 0 Å². The van der Waals surface area contributed by atoms with Gasteiger partial charge in [-0.1, -0.05) is 18.2 Å². The molecule has 0 aliphatic heterocycles. The van der Waals surface area contributed by atoms with Crippen LogP contribution in [-0.2, 0) is 0 Å². The molecule has 2 aromatic carbocycles. The number of benzene rings is 2. The summed E-state index contributed by atoms with van der Waals surface area (Å²) >= 11 is 0. The number of carboxylic acids is 1. The molecule has 4 nitrogen and oxygen atoms in total. The van der Waals surface area contributed by atoms with Crippen LogP contribution in [0.5, 0.6) is 0 Å². The lowest BCUT2D eigenvalue weighted by Crippen LogP contribution is -2.16. The molecule has 0 aliphatic carbocycles. The van der Waals surface area contributed by atoms with Crippen LogP contribution < -0.4 is 10.6 Å². The monoisotopic (exact) mass is 256 g/mol. The molecule has 3 N–H and O–H groups in total. The molecule has 0 aliphatic rings. The van der Waals surface area contributed by atoms with Crippen LogP contribution in [-0.4, -0.2) is 17.6 Å². The molecule has 0 fully saturated rings. The van der Waals surface area contributed by atoms with Gasteiger partial charge in [0.25, 0.3) is 0 Å². The summed E-state index contributed by atoms with van der Waals surface area (Å²) in [5.74, 6) is -1.01. The summed E-state index contributed by atoms with van der Waals surface area (Å²) < 4.78 is 0. The summed E-state index contributed by atoms with van der Waals surface area (Å²) in [5, 5.41) is 9.12. The molecular formula is C15H16N2O2. The third kappa shape index (κ3) is 2.68. The van der Waals surface area contributed by atoms with Crippen LogP contribution in [0.3, 0.4) is 0 Å². The summed E-state index contributed by atoms with van der Waals surface area (Å²) in [5.41, 5.74) is 7.92. The van der Waals surface area contributed by atoms with E-state index in [1.54, 1.807) is 12.1 Å². The number of hydrogen-bond donors (Lipinski definition) is 2. The second kappa shape index (κ2) is 5.44. The van der Waals surface area contributed by atoms with Crippen molar-refractivity contribution in [3.8, 4) is 0 Å². The highest BCUT2D eigenvalue weighted by Crippen LogP contribution is 2.27. The van der Waals surface area contributed by atoms with Gasteiger partial charge in [0.2, 0.25) is 0 Å². The van der Waals surface area contributed by atoms with E-state index in [0.717, 1.165) is 17.9 Å². The quantitative estimate of drug-likeness (QED) is 0.825. The smallest absolute Gasteiger partial charge is 0.337 e. The maximum absolute atomic E-state index is 11.1. The van der Waals surface area contributed by atoms with Crippen LogP contribution in [0.1, 0.15) is 17.3 Å². The number of carbonyl (C=O) groups is 1. The normalized spacial score (nSPS) is 10.2. The van der Waals surface area contributed by atoms with Gasteiger partial charge in [-0.05, 0) is 37.3 Å². The van der Waals surface area contributed by atoms with Crippen LogP contribution >= 0.6 is 0 Å². The van der Waals surface area contributed by atoms with Crippen LogP contribution in [0.4, 0.5) is 17.1 Å². The minimum Gasteiger partial charge on any atom is -0.478 e. The fourth-order valence-corrected chi connectivity index (χ4v) is 2.02. The van der Waals surface area contributed by atoms with E-state index in [1.165, 1.54) is 0 Å². The van der Waals surface area contributed by atoms with E-state index in [-0.39, 0.29) is 11.3 Å². The minimum atomic E-state index is -1.01. The second-order valence-electron chi connectivity index (χ2n) is 4.16. The Hall–Kier alpha value is -2.49. The average Bonchev–Trinajstić information content (AvgIpc) is 2.42. The highest BCUT2D eigenvalue weighted by Gasteiger charge is 2.12. The van der Waals surface area contributed by atoms with Gasteiger partial charge >= 0.3 is 5.97 Å². The van der Waals surface area contributed by atoms with E-state index in [4.69, 9.17) is 10.8 Å². The van der Waals surface area contributed by atoms with Gasteiger partial charge in [-0.15, -0.1) is 0 Å². The lowest BCUT2D eigenvalue weighted by atomic mass is 10.1. The van der Waals surface area contributed by atoms with Crippen LogP contribution in [0.15, 0.2) is 48.5 Å². The Morgan fingerprint density at radius 1 is 1.16 bits per heavy atom. The fourth-order valence-electron chi connectivity index (χ4n) is 2.02. The Morgan fingerprint density at radius 2 is 1.84 bits per heavy atom. The predicted octanol–water partition coefficient (Wildman–Crippen LogP) is 3.12. The van der Waals surface area contributed by atoms with Gasteiger partial charge in [0.05, 0.1) is 5.56 Å². The molecule has 2 rings (SSSR count). The lowest BCUT2D eigenvalue weighted by molar-refractivity contribution is 0.0698. The number of carboxylic acid groups (broad SMARTS) is 1. The van der Waals surface area contributed by atoms with E-state index in [0.29, 0.717) is 0 Å². The molecular weight excluding hydrogens is 240 g/mol. The van der Waals surface area contributed by atoms with Gasteiger partial charge < -0.3 is 15.7 Å². The number of rotatable bonds is 4. The summed E-state index contributed by atoms with van der Waals surface area (Å²) in [6.07, 6.45) is 0. The molecule has 0 bridgehead atoms. The standard InChI is InChI=1S/C15H16N2O2/c1-2-17(11-6-4-3-5-7-11)12-8-9-14(16)13(10-12)15(18)19/h3-10H,2,16H2,1H3,(H,18,19). The molecule has 0 unspecified atom stereocenters. The Balaban J connectivity index is 2.45. The third-order valence-corrected chi connectivity index (χ3v) is 2.96. The Bertz CT molecular complexity index is 582. The number of anilines is 3. The molecule has 98 valence electrons. The van der Waals surface area contributed by atoms with E-state index in [9.17, 15) is 4.79 Å². The lowest BCUT2D eigenvalue weighted by Gasteiger charge is -2.23. The van der Waals surface area contributed by atoms with Gasteiger partial charge in [-0.25, -0.2) is 4.79 Å². The van der Waals surface area contributed by atoms with Crippen molar-refractivity contribution < 1.29 is 9.90 Å². The number of nitrogens with zero attached hydrogens (tertiary/aromatic N) is 1. The summed E-state index contributed by atoms with van der Waals surface area (Å²) in [6, 6.07) is 14.9. The molecule has 0 heterocycles. The largest absolute Gasteiger partial charge is 0.478 e. The number of nitrogen functional groups attached to an aromatic ring is 1. The highest BCUT2D eigenvalue weighted by molar-refractivity contribution is 5.95. The van der Waals surface area contributed by atoms with E-state index < -0.39 is 5.97 Å². The second-order valence-corrected chi connectivity index (χ2v) is 4.16. The Kier molecular flexibility index (Phi) is 3.71. The van der Waals surface area contributed by atoms with E-state index in [1.807, 2.05) is 48.2 Å². The maximum Gasteiger partial charge on any atom is 0.337 e. The van der Waals surface area contributed by atoms with Crippen molar-refractivity contribution in [2.24, 2.45) is 0 Å². The van der Waals surface area contributed by atoms with Crippen molar-refractivity contribution >= 4 is 23.0 Å². The first-order valence-corrected chi connectivity index (χ1v) is 6.09. The Morgan fingerprint density at radius 3 is 2.42 bits per heavy atom. The number of hydrogen-bond acceptors (Lipinski definition) is 3. The molecule has 0 aromatic heterocycles. The van der Waals surface area contributed by atoms with Crippen molar-refractivity contribution in [3.63, 3.8) is 0 Å². The molecule has 0 saturated carbocycles. The van der Waals surface area contributed by atoms with E-state index in [2.05, 4.69) is 0 Å². The zero-order chi connectivity index (χ0) is 13.8. The molecule has 0 amide bonds. The zero-order valence-electron chi connectivity index (χ0n) is 10.7. The molecule has 0 radical (unpaired) electrons. The average molecular weight is 256 g/mol. The summed E-state index contributed by atoms with van der Waals surface area (Å²) in [4.78, 5) is 13.2. The highest BCUT2D eigenvalue weighted by atomic mass is 16.4. The van der Waals surface area contributed by atoms with Gasteiger partial charge in [-0.3, -0.25) is 0 Å². The molecule has 0 spiro atoms. The van der Waals surface area contributed by atoms with Crippen molar-refractivity contribution in [3.05, 3.63) is 54.1 Å². The Labute approximate surface area is 112 Å². The molecule has 0 atom stereocenters. The van der Waals surface area contributed by atoms with Crippen molar-refractivity contribution in [1.82, 2.24) is 0 Å². The first kappa shape index (κ1) is 13.0. The molecule has 19 heavy (non-hydrogen) atoms. The first-order chi connectivity index (χ1) is 9.13. The molecule has 0 saturated heterocycles. The maximum atomic E-state index is 11.1. The van der Waals surface area contributed by atoms with Crippen molar-refractivity contribution in [2.45, 2.75) is 6.92 Å². The number of nitrogens with two attached hydrogens (primary N) is 1. The van der Waals surface area contributed by atoms with Gasteiger partial charge in [0.15, 0.2) is 0 Å². The summed E-state index contributed by atoms with van der Waals surface area (Å²) in [7, 11) is 0. The molecule has 2 aromatic rings. The molecule has 4 heteroatoms. The third-order valence-electron chi connectivity index (χ3n) is 2.96. The fraction of sp³-hybridized carbons (Fsp3) is 0.133.